The third kappa shape index (κ3) is 6.68. The number of aryl methyl sites for hydroxylation is 1. The van der Waals surface area contributed by atoms with Gasteiger partial charge in [0.2, 0.25) is 0 Å². The summed E-state index contributed by atoms with van der Waals surface area (Å²) in [5, 5.41) is 11.1. The summed E-state index contributed by atoms with van der Waals surface area (Å²) in [5.74, 6) is -0.402. The van der Waals surface area contributed by atoms with Crippen LogP contribution < -0.4 is 10.2 Å². The highest BCUT2D eigenvalue weighted by Crippen LogP contribution is 2.34. The SMILES string of the molecule is O=C(NCCCc1ccccc1)c1ccc(N2CCC(=Cc3cc(F)ccc3C(F)(F)F)CC2)nn1. The van der Waals surface area contributed by atoms with Gasteiger partial charge in [0.25, 0.3) is 5.91 Å². The van der Waals surface area contributed by atoms with Crippen molar-refractivity contribution in [3.63, 3.8) is 0 Å². The molecule has 36 heavy (non-hydrogen) atoms. The summed E-state index contributed by atoms with van der Waals surface area (Å²) in [5.41, 5.74) is 1.24. The van der Waals surface area contributed by atoms with Gasteiger partial charge in [-0.3, -0.25) is 4.79 Å². The quantitative estimate of drug-likeness (QED) is 0.336. The maximum Gasteiger partial charge on any atom is 0.416 e. The first-order valence-corrected chi connectivity index (χ1v) is 11.8. The van der Waals surface area contributed by atoms with E-state index in [4.69, 9.17) is 0 Å². The highest BCUT2D eigenvalue weighted by molar-refractivity contribution is 5.92. The Kier molecular flexibility index (Phi) is 7.97. The zero-order valence-electron chi connectivity index (χ0n) is 19.6. The number of alkyl halides is 3. The maximum atomic E-state index is 13.6. The number of nitrogens with one attached hydrogen (secondary N) is 1. The molecule has 2 aromatic carbocycles. The molecule has 0 aliphatic carbocycles. The van der Waals surface area contributed by atoms with Crippen LogP contribution in [0.2, 0.25) is 0 Å². The van der Waals surface area contributed by atoms with Crippen LogP contribution in [0.15, 0.2) is 66.2 Å². The van der Waals surface area contributed by atoms with Crippen LogP contribution in [0.4, 0.5) is 23.4 Å². The number of hydrogen-bond donors (Lipinski definition) is 1. The summed E-state index contributed by atoms with van der Waals surface area (Å²) in [6.07, 6.45) is -0.413. The first-order valence-electron chi connectivity index (χ1n) is 11.8. The topological polar surface area (TPSA) is 58.1 Å². The van der Waals surface area contributed by atoms with E-state index in [1.807, 2.05) is 35.2 Å². The molecule has 1 aliphatic rings. The van der Waals surface area contributed by atoms with E-state index in [1.165, 1.54) is 11.6 Å². The minimum absolute atomic E-state index is 0.162. The van der Waals surface area contributed by atoms with Crippen molar-refractivity contribution in [3.8, 4) is 0 Å². The van der Waals surface area contributed by atoms with Gasteiger partial charge in [-0.05, 0) is 67.1 Å². The number of aromatic nitrogens is 2. The van der Waals surface area contributed by atoms with Crippen molar-refractivity contribution < 1.29 is 22.4 Å². The molecule has 0 unspecified atom stereocenters. The molecule has 0 atom stereocenters. The summed E-state index contributed by atoms with van der Waals surface area (Å²) in [6, 6.07) is 15.9. The second-order valence-corrected chi connectivity index (χ2v) is 8.64. The highest BCUT2D eigenvalue weighted by atomic mass is 19.4. The predicted molar refractivity (Wildman–Crippen MR) is 130 cm³/mol. The molecule has 5 nitrogen and oxygen atoms in total. The molecule has 1 aliphatic heterocycles. The summed E-state index contributed by atoms with van der Waals surface area (Å²) < 4.78 is 53.4. The van der Waals surface area contributed by atoms with Gasteiger partial charge in [0, 0.05) is 19.6 Å². The molecule has 1 amide bonds. The lowest BCUT2D eigenvalue weighted by molar-refractivity contribution is -0.137. The van der Waals surface area contributed by atoms with E-state index in [2.05, 4.69) is 15.5 Å². The molecule has 2 heterocycles. The third-order valence-corrected chi connectivity index (χ3v) is 6.06. The van der Waals surface area contributed by atoms with Gasteiger partial charge in [0.05, 0.1) is 5.56 Å². The molecule has 9 heteroatoms. The van der Waals surface area contributed by atoms with Crippen LogP contribution in [-0.4, -0.2) is 35.7 Å². The molecule has 4 rings (SSSR count). The number of amides is 1. The Morgan fingerprint density at radius 2 is 1.75 bits per heavy atom. The van der Waals surface area contributed by atoms with E-state index in [-0.39, 0.29) is 17.2 Å². The van der Waals surface area contributed by atoms with Gasteiger partial charge >= 0.3 is 6.18 Å². The molecule has 3 aromatic rings. The zero-order valence-corrected chi connectivity index (χ0v) is 19.6. The van der Waals surface area contributed by atoms with Crippen molar-refractivity contribution >= 4 is 17.8 Å². The molecule has 0 radical (unpaired) electrons. The van der Waals surface area contributed by atoms with E-state index < -0.39 is 17.6 Å². The van der Waals surface area contributed by atoms with Gasteiger partial charge in [-0.25, -0.2) is 4.39 Å². The summed E-state index contributed by atoms with van der Waals surface area (Å²) in [4.78, 5) is 14.3. The van der Waals surface area contributed by atoms with Gasteiger partial charge in [-0.15, -0.1) is 10.2 Å². The van der Waals surface area contributed by atoms with Crippen molar-refractivity contribution in [2.75, 3.05) is 24.5 Å². The minimum Gasteiger partial charge on any atom is -0.354 e. The molecular weight excluding hydrogens is 472 g/mol. The number of benzene rings is 2. The number of carbonyl (C=O) groups is 1. The first kappa shape index (κ1) is 25.3. The average Bonchev–Trinajstić information content (AvgIpc) is 2.87. The lowest BCUT2D eigenvalue weighted by atomic mass is 9.98. The normalized spacial score (nSPS) is 14.0. The zero-order chi connectivity index (χ0) is 25.5. The van der Waals surface area contributed by atoms with Crippen LogP contribution in [0.1, 0.15) is 46.4 Å². The fraction of sp³-hybridized carbons (Fsp3) is 0.296. The van der Waals surface area contributed by atoms with Crippen molar-refractivity contribution in [3.05, 3.63) is 94.4 Å². The molecule has 0 spiro atoms. The Labute approximate surface area is 206 Å². The van der Waals surface area contributed by atoms with Crippen LogP contribution >= 0.6 is 0 Å². The van der Waals surface area contributed by atoms with Crippen molar-refractivity contribution in [1.29, 1.82) is 0 Å². The number of halogens is 4. The third-order valence-electron chi connectivity index (χ3n) is 6.06. The fourth-order valence-electron chi connectivity index (χ4n) is 4.14. The molecule has 1 fully saturated rings. The van der Waals surface area contributed by atoms with E-state index in [0.29, 0.717) is 38.3 Å². The standard InChI is InChI=1S/C27H26F4N4O/c28-22-8-9-23(27(29,30)31)21(18-22)17-20-12-15-35(16-13-20)25-11-10-24(33-34-25)26(36)32-14-4-7-19-5-2-1-3-6-19/h1-3,5-6,8-11,17-18H,4,7,12-16H2,(H,32,36). The van der Waals surface area contributed by atoms with Crippen LogP contribution in [-0.2, 0) is 12.6 Å². The predicted octanol–water partition coefficient (Wildman–Crippen LogP) is 5.68. The van der Waals surface area contributed by atoms with Crippen LogP contribution in [0.3, 0.4) is 0 Å². The number of hydrogen-bond acceptors (Lipinski definition) is 4. The number of nitrogens with zero attached hydrogens (tertiary/aromatic N) is 3. The van der Waals surface area contributed by atoms with Crippen LogP contribution in [0.5, 0.6) is 0 Å². The van der Waals surface area contributed by atoms with E-state index in [0.717, 1.165) is 36.6 Å². The Bertz CT molecular complexity index is 1200. The molecule has 0 bridgehead atoms. The second-order valence-electron chi connectivity index (χ2n) is 8.64. The lowest BCUT2D eigenvalue weighted by Crippen LogP contribution is -2.32. The van der Waals surface area contributed by atoms with E-state index >= 15 is 0 Å². The average molecular weight is 499 g/mol. The monoisotopic (exact) mass is 498 g/mol. The summed E-state index contributed by atoms with van der Waals surface area (Å²) >= 11 is 0. The highest BCUT2D eigenvalue weighted by Gasteiger charge is 2.33. The van der Waals surface area contributed by atoms with Gasteiger partial charge in [-0.1, -0.05) is 42.0 Å². The smallest absolute Gasteiger partial charge is 0.354 e. The molecule has 0 saturated carbocycles. The summed E-state index contributed by atoms with van der Waals surface area (Å²) in [6.45, 7) is 1.59. The molecule has 188 valence electrons. The first-order chi connectivity index (χ1) is 17.3. The molecule has 1 N–H and O–H groups in total. The number of anilines is 1. The van der Waals surface area contributed by atoms with E-state index in [9.17, 15) is 22.4 Å². The summed E-state index contributed by atoms with van der Waals surface area (Å²) in [7, 11) is 0. The minimum atomic E-state index is -4.55. The van der Waals surface area contributed by atoms with Crippen LogP contribution in [0.25, 0.3) is 6.08 Å². The molecule has 1 aromatic heterocycles. The Balaban J connectivity index is 1.29. The van der Waals surface area contributed by atoms with E-state index in [1.54, 1.807) is 12.1 Å². The Morgan fingerprint density at radius 3 is 2.42 bits per heavy atom. The molecule has 1 saturated heterocycles. The van der Waals surface area contributed by atoms with Gasteiger partial charge in [0.15, 0.2) is 11.5 Å². The van der Waals surface area contributed by atoms with Gasteiger partial charge in [-0.2, -0.15) is 13.2 Å². The lowest BCUT2D eigenvalue weighted by Gasteiger charge is -2.29. The number of piperidine rings is 1. The fourth-order valence-corrected chi connectivity index (χ4v) is 4.14. The van der Waals surface area contributed by atoms with Gasteiger partial charge < -0.3 is 10.2 Å². The van der Waals surface area contributed by atoms with Gasteiger partial charge in [0.1, 0.15) is 5.82 Å². The van der Waals surface area contributed by atoms with Crippen molar-refractivity contribution in [2.45, 2.75) is 31.9 Å². The van der Waals surface area contributed by atoms with Crippen LogP contribution in [0, 0.1) is 5.82 Å². The van der Waals surface area contributed by atoms with Crippen molar-refractivity contribution in [2.24, 2.45) is 0 Å². The Hall–Kier alpha value is -3.75. The largest absolute Gasteiger partial charge is 0.416 e. The van der Waals surface area contributed by atoms with Crippen molar-refractivity contribution in [1.82, 2.24) is 15.5 Å². The second kappa shape index (κ2) is 11.3. The molecular formula is C27H26F4N4O. The maximum absolute atomic E-state index is 13.6. The Morgan fingerprint density at radius 1 is 1.00 bits per heavy atom. The number of carbonyl (C=O) groups excluding carboxylic acids is 1. The number of rotatable bonds is 7.